The zero-order valence-electron chi connectivity index (χ0n) is 14.7. The number of ether oxygens (including phenoxy) is 1. The third-order valence-electron chi connectivity index (χ3n) is 4.15. The minimum absolute atomic E-state index is 0.0233. The molecule has 1 aliphatic carbocycles. The van der Waals surface area contributed by atoms with Crippen LogP contribution in [0.4, 0.5) is 0 Å². The van der Waals surface area contributed by atoms with Crippen LogP contribution in [0.3, 0.4) is 0 Å². The number of benzene rings is 1. The van der Waals surface area contributed by atoms with E-state index >= 15 is 0 Å². The predicted molar refractivity (Wildman–Crippen MR) is 95.5 cm³/mol. The zero-order valence-corrected chi connectivity index (χ0v) is 15.5. The molecule has 2 aromatic rings. The van der Waals surface area contributed by atoms with Gasteiger partial charge in [0.2, 0.25) is 11.1 Å². The van der Waals surface area contributed by atoms with Crippen molar-refractivity contribution < 1.29 is 9.53 Å². The molecule has 0 aliphatic heterocycles. The van der Waals surface area contributed by atoms with Crippen LogP contribution in [0.5, 0.6) is 5.75 Å². The Labute approximate surface area is 151 Å². The number of rotatable bonds is 8. The van der Waals surface area contributed by atoms with Gasteiger partial charge in [0.15, 0.2) is 0 Å². The van der Waals surface area contributed by atoms with Gasteiger partial charge in [0.05, 0.1) is 24.9 Å². The number of nitrogens with zero attached hydrogens (tertiary/aromatic N) is 4. The lowest BCUT2D eigenvalue weighted by Crippen LogP contribution is -2.33. The summed E-state index contributed by atoms with van der Waals surface area (Å²) >= 11 is 1.38. The van der Waals surface area contributed by atoms with Crippen LogP contribution in [0.2, 0.25) is 0 Å². The van der Waals surface area contributed by atoms with Crippen molar-refractivity contribution in [3.05, 3.63) is 29.8 Å². The second-order valence-corrected chi connectivity index (χ2v) is 7.43. The third-order valence-corrected chi connectivity index (χ3v) is 5.08. The number of thioether (sulfide) groups is 1. The molecule has 3 rings (SSSR count). The molecule has 1 heterocycles. The van der Waals surface area contributed by atoms with Crippen LogP contribution in [0, 0.1) is 5.92 Å². The van der Waals surface area contributed by atoms with Crippen molar-refractivity contribution in [2.75, 3.05) is 12.9 Å². The van der Waals surface area contributed by atoms with E-state index in [1.165, 1.54) is 11.8 Å². The quantitative estimate of drug-likeness (QED) is 0.728. The van der Waals surface area contributed by atoms with Crippen LogP contribution in [-0.2, 0) is 4.79 Å². The Morgan fingerprint density at radius 1 is 1.36 bits per heavy atom. The average molecular weight is 361 g/mol. The third kappa shape index (κ3) is 4.50. The molecule has 0 spiro atoms. The Kier molecular flexibility index (Phi) is 5.57. The molecule has 1 aliphatic rings. The maximum Gasteiger partial charge on any atom is 0.230 e. The highest BCUT2D eigenvalue weighted by Gasteiger charge is 2.28. The van der Waals surface area contributed by atoms with Crippen molar-refractivity contribution in [1.82, 2.24) is 25.5 Å². The normalized spacial score (nSPS) is 15.2. The molecule has 1 fully saturated rings. The van der Waals surface area contributed by atoms with E-state index in [0.29, 0.717) is 17.0 Å². The van der Waals surface area contributed by atoms with Gasteiger partial charge in [-0.25, -0.2) is 4.68 Å². The summed E-state index contributed by atoms with van der Waals surface area (Å²) in [6.45, 7) is 4.19. The van der Waals surface area contributed by atoms with Gasteiger partial charge in [-0.05, 0) is 46.9 Å². The minimum atomic E-state index is -0.0431. The van der Waals surface area contributed by atoms with Crippen molar-refractivity contribution >= 4 is 17.7 Å². The molecular formula is C17H23N5O2S. The second kappa shape index (κ2) is 7.86. The standard InChI is InChI=1S/C17H23N5O2S/c1-11(2)16(12-4-8-14(24-3)9-5-12)18-15(23)10-25-17-19-20-21-22(17)13-6-7-13/h4-5,8-9,11,13,16H,6-7,10H2,1-3H3,(H,18,23). The van der Waals surface area contributed by atoms with Gasteiger partial charge >= 0.3 is 0 Å². The lowest BCUT2D eigenvalue weighted by Gasteiger charge is -2.23. The monoisotopic (exact) mass is 361 g/mol. The van der Waals surface area contributed by atoms with Crippen molar-refractivity contribution in [3.63, 3.8) is 0 Å². The van der Waals surface area contributed by atoms with Crippen LogP contribution < -0.4 is 10.1 Å². The molecule has 1 N–H and O–H groups in total. The van der Waals surface area contributed by atoms with Gasteiger partial charge < -0.3 is 10.1 Å². The van der Waals surface area contributed by atoms with Gasteiger partial charge in [0, 0.05) is 0 Å². The molecule has 0 radical (unpaired) electrons. The van der Waals surface area contributed by atoms with E-state index in [0.717, 1.165) is 24.2 Å². The van der Waals surface area contributed by atoms with Crippen LogP contribution in [0.15, 0.2) is 29.4 Å². The number of aromatic nitrogens is 4. The summed E-state index contributed by atoms with van der Waals surface area (Å²) in [5.41, 5.74) is 1.07. The summed E-state index contributed by atoms with van der Waals surface area (Å²) in [4.78, 5) is 12.4. The smallest absolute Gasteiger partial charge is 0.230 e. The van der Waals surface area contributed by atoms with E-state index in [9.17, 15) is 4.79 Å². The summed E-state index contributed by atoms with van der Waals surface area (Å²) in [7, 11) is 1.64. The van der Waals surface area contributed by atoms with Gasteiger partial charge in [-0.15, -0.1) is 5.10 Å². The first-order valence-electron chi connectivity index (χ1n) is 8.42. The average Bonchev–Trinajstić information content (AvgIpc) is 3.35. The van der Waals surface area contributed by atoms with Gasteiger partial charge in [0.25, 0.3) is 0 Å². The maximum absolute atomic E-state index is 12.4. The molecule has 1 saturated carbocycles. The van der Waals surface area contributed by atoms with E-state index in [1.54, 1.807) is 7.11 Å². The summed E-state index contributed by atoms with van der Waals surface area (Å²) in [5, 5.41) is 15.6. The number of nitrogens with one attached hydrogen (secondary N) is 1. The SMILES string of the molecule is COc1ccc(C(NC(=O)CSc2nnnn2C2CC2)C(C)C)cc1. The highest BCUT2D eigenvalue weighted by atomic mass is 32.2. The predicted octanol–water partition coefficient (Wildman–Crippen LogP) is 2.62. The Bertz CT molecular complexity index is 712. The molecule has 134 valence electrons. The lowest BCUT2D eigenvalue weighted by molar-refractivity contribution is -0.119. The molecule has 7 nitrogen and oxygen atoms in total. The fraction of sp³-hybridized carbons (Fsp3) is 0.529. The second-order valence-electron chi connectivity index (χ2n) is 6.49. The van der Waals surface area contributed by atoms with Crippen LogP contribution in [-0.4, -0.2) is 39.0 Å². The number of carbonyl (C=O) groups is 1. The maximum atomic E-state index is 12.4. The topological polar surface area (TPSA) is 81.9 Å². The molecule has 0 saturated heterocycles. The number of hydrogen-bond acceptors (Lipinski definition) is 6. The summed E-state index contributed by atoms with van der Waals surface area (Å²) in [5.74, 6) is 1.36. The fourth-order valence-corrected chi connectivity index (χ4v) is 3.38. The number of amides is 1. The Balaban J connectivity index is 1.59. The van der Waals surface area contributed by atoms with Gasteiger partial charge in [-0.2, -0.15) is 0 Å². The summed E-state index contributed by atoms with van der Waals surface area (Å²) in [6.07, 6.45) is 2.22. The first kappa shape index (κ1) is 17.7. The van der Waals surface area contributed by atoms with E-state index in [4.69, 9.17) is 4.74 Å². The van der Waals surface area contributed by atoms with Gasteiger partial charge in [0.1, 0.15) is 5.75 Å². The first-order chi connectivity index (χ1) is 12.1. The Hall–Kier alpha value is -2.09. The van der Waals surface area contributed by atoms with Crippen molar-refractivity contribution in [2.24, 2.45) is 5.92 Å². The summed E-state index contributed by atoms with van der Waals surface area (Å²) < 4.78 is 7.01. The van der Waals surface area contributed by atoms with Crippen LogP contribution >= 0.6 is 11.8 Å². The number of hydrogen-bond donors (Lipinski definition) is 1. The fourth-order valence-electron chi connectivity index (χ4n) is 2.62. The van der Waals surface area contributed by atoms with E-state index in [1.807, 2.05) is 28.9 Å². The summed E-state index contributed by atoms with van der Waals surface area (Å²) in [6, 6.07) is 8.17. The molecule has 1 aromatic heterocycles. The molecule has 25 heavy (non-hydrogen) atoms. The van der Waals surface area contributed by atoms with Crippen LogP contribution in [0.25, 0.3) is 0 Å². The molecular weight excluding hydrogens is 338 g/mol. The van der Waals surface area contributed by atoms with Gasteiger partial charge in [-0.3, -0.25) is 4.79 Å². The largest absolute Gasteiger partial charge is 0.497 e. The number of carbonyl (C=O) groups excluding carboxylic acids is 1. The van der Waals surface area contributed by atoms with E-state index < -0.39 is 0 Å². The molecule has 8 heteroatoms. The van der Waals surface area contributed by atoms with E-state index in [2.05, 4.69) is 34.7 Å². The van der Waals surface area contributed by atoms with Crippen molar-refractivity contribution in [1.29, 1.82) is 0 Å². The van der Waals surface area contributed by atoms with Gasteiger partial charge in [-0.1, -0.05) is 37.7 Å². The number of tetrazole rings is 1. The molecule has 1 amide bonds. The molecule has 1 aromatic carbocycles. The van der Waals surface area contributed by atoms with Crippen molar-refractivity contribution in [2.45, 2.75) is 43.9 Å². The van der Waals surface area contributed by atoms with E-state index in [-0.39, 0.29) is 17.9 Å². The minimum Gasteiger partial charge on any atom is -0.497 e. The van der Waals surface area contributed by atoms with Crippen LogP contribution in [0.1, 0.15) is 44.3 Å². The lowest BCUT2D eigenvalue weighted by atomic mass is 9.96. The zero-order chi connectivity index (χ0) is 17.8. The van der Waals surface area contributed by atoms with Crippen molar-refractivity contribution in [3.8, 4) is 5.75 Å². The molecule has 1 unspecified atom stereocenters. The highest BCUT2D eigenvalue weighted by molar-refractivity contribution is 7.99. The Morgan fingerprint density at radius 3 is 2.68 bits per heavy atom. The molecule has 0 bridgehead atoms. The molecule has 1 atom stereocenters. The number of methoxy groups -OCH3 is 1. The Morgan fingerprint density at radius 2 is 2.08 bits per heavy atom. The highest BCUT2D eigenvalue weighted by Crippen LogP contribution is 2.36. The first-order valence-corrected chi connectivity index (χ1v) is 9.41.